The molecule has 70 valence electrons. The van der Waals surface area contributed by atoms with Crippen LogP contribution in [0.4, 0.5) is 14.6 Å². The van der Waals surface area contributed by atoms with E-state index in [0.29, 0.717) is 17.8 Å². The summed E-state index contributed by atoms with van der Waals surface area (Å²) in [6.45, 7) is 0. The molecule has 0 saturated heterocycles. The van der Waals surface area contributed by atoms with Crippen molar-refractivity contribution in [3.63, 3.8) is 0 Å². The van der Waals surface area contributed by atoms with Gasteiger partial charge in [0.15, 0.2) is 0 Å². The summed E-state index contributed by atoms with van der Waals surface area (Å²) in [6.07, 6.45) is 1.58. The second-order valence-corrected chi connectivity index (χ2v) is 3.41. The smallest absolute Gasteiger partial charge is 0.252 e. The zero-order valence-corrected chi connectivity index (χ0v) is 7.06. The van der Waals surface area contributed by atoms with Gasteiger partial charge in [0.1, 0.15) is 5.82 Å². The van der Waals surface area contributed by atoms with Gasteiger partial charge in [-0.05, 0) is 23.6 Å². The second-order valence-electron chi connectivity index (χ2n) is 3.41. The molecule has 0 aliphatic heterocycles. The highest BCUT2D eigenvalue weighted by Gasteiger charge is 2.33. The molecule has 0 unspecified atom stereocenters. The van der Waals surface area contributed by atoms with Gasteiger partial charge in [0.05, 0.1) is 0 Å². The van der Waals surface area contributed by atoms with E-state index < -0.39 is 5.92 Å². The summed E-state index contributed by atoms with van der Waals surface area (Å²) >= 11 is 0. The van der Waals surface area contributed by atoms with Crippen LogP contribution in [0.15, 0.2) is 12.3 Å². The second kappa shape index (κ2) is 2.65. The third-order valence-corrected chi connectivity index (χ3v) is 2.31. The number of alkyl halides is 2. The number of aromatic nitrogens is 1. The van der Waals surface area contributed by atoms with Gasteiger partial charge >= 0.3 is 0 Å². The minimum Gasteiger partial charge on any atom is -0.384 e. The summed E-state index contributed by atoms with van der Waals surface area (Å²) in [5.74, 6) is -2.16. The largest absolute Gasteiger partial charge is 0.384 e. The van der Waals surface area contributed by atoms with E-state index in [-0.39, 0.29) is 12.8 Å². The van der Waals surface area contributed by atoms with Crippen molar-refractivity contribution in [2.24, 2.45) is 0 Å². The number of fused-ring (bicyclic) bond motifs is 1. The van der Waals surface area contributed by atoms with Crippen LogP contribution in [-0.4, -0.2) is 10.9 Å². The van der Waals surface area contributed by atoms with Crippen LogP contribution in [0.2, 0.25) is 0 Å². The van der Waals surface area contributed by atoms with E-state index in [0.717, 1.165) is 5.56 Å². The first kappa shape index (κ1) is 8.41. The Labute approximate surface area is 74.8 Å². The molecule has 0 spiro atoms. The number of halogens is 2. The van der Waals surface area contributed by atoms with Crippen molar-refractivity contribution in [1.82, 2.24) is 4.98 Å². The van der Waals surface area contributed by atoms with E-state index in [4.69, 9.17) is 5.73 Å². The summed E-state index contributed by atoms with van der Waals surface area (Å²) in [6, 6.07) is 1.69. The fourth-order valence-corrected chi connectivity index (χ4v) is 1.62. The third kappa shape index (κ3) is 1.61. The van der Waals surface area contributed by atoms with Gasteiger partial charge in [-0.25, -0.2) is 13.8 Å². The Balaban J connectivity index is 2.37. The molecule has 0 bridgehead atoms. The molecule has 13 heavy (non-hydrogen) atoms. The van der Waals surface area contributed by atoms with E-state index in [1.807, 2.05) is 0 Å². The van der Waals surface area contributed by atoms with Gasteiger partial charge in [0.25, 0.3) is 5.92 Å². The van der Waals surface area contributed by atoms with Gasteiger partial charge in [-0.15, -0.1) is 0 Å². The molecule has 4 heteroatoms. The number of nitrogens with zero attached hydrogens (tertiary/aromatic N) is 1. The Morgan fingerprint density at radius 2 is 2.15 bits per heavy atom. The van der Waals surface area contributed by atoms with Crippen LogP contribution in [-0.2, 0) is 12.8 Å². The maximum absolute atomic E-state index is 12.9. The van der Waals surface area contributed by atoms with Crippen molar-refractivity contribution in [3.8, 4) is 0 Å². The molecule has 1 aromatic rings. The standard InChI is InChI=1S/C9H10F2N2/c10-9(11)2-1-6-3-8(12)13-5-7(6)4-9/h3,5H,1-2,4H2,(H2,12,13). The molecule has 0 atom stereocenters. The maximum Gasteiger partial charge on any atom is 0.252 e. The van der Waals surface area contributed by atoms with Crippen LogP contribution in [0.25, 0.3) is 0 Å². The predicted octanol–water partition coefficient (Wildman–Crippen LogP) is 1.79. The van der Waals surface area contributed by atoms with Crippen molar-refractivity contribution in [1.29, 1.82) is 0 Å². The predicted molar refractivity (Wildman–Crippen MR) is 45.6 cm³/mol. The average Bonchev–Trinajstić information content (AvgIpc) is 2.05. The van der Waals surface area contributed by atoms with Crippen molar-refractivity contribution in [2.75, 3.05) is 5.73 Å². The monoisotopic (exact) mass is 184 g/mol. The first-order valence-corrected chi connectivity index (χ1v) is 4.18. The topological polar surface area (TPSA) is 38.9 Å². The normalized spacial score (nSPS) is 19.5. The van der Waals surface area contributed by atoms with Gasteiger partial charge < -0.3 is 5.73 Å². The molecule has 0 amide bonds. The first-order chi connectivity index (χ1) is 6.07. The Hall–Kier alpha value is -1.19. The average molecular weight is 184 g/mol. The van der Waals surface area contributed by atoms with E-state index in [1.54, 1.807) is 6.07 Å². The number of nitrogens with two attached hydrogens (primary N) is 1. The lowest BCUT2D eigenvalue weighted by Gasteiger charge is -2.23. The third-order valence-electron chi connectivity index (χ3n) is 2.31. The van der Waals surface area contributed by atoms with Gasteiger partial charge in [-0.2, -0.15) is 0 Å². The number of hydrogen-bond donors (Lipinski definition) is 1. The lowest BCUT2D eigenvalue weighted by molar-refractivity contribution is -0.0123. The number of aryl methyl sites for hydroxylation is 1. The molecule has 0 saturated carbocycles. The van der Waals surface area contributed by atoms with Gasteiger partial charge in [0.2, 0.25) is 0 Å². The Kier molecular flexibility index (Phi) is 1.71. The lowest BCUT2D eigenvalue weighted by atomic mass is 9.90. The Morgan fingerprint density at radius 1 is 1.38 bits per heavy atom. The fourth-order valence-electron chi connectivity index (χ4n) is 1.62. The first-order valence-electron chi connectivity index (χ1n) is 4.18. The SMILES string of the molecule is Nc1cc2c(cn1)CC(F)(F)CC2. The van der Waals surface area contributed by atoms with Crippen LogP contribution in [0.1, 0.15) is 17.5 Å². The quantitative estimate of drug-likeness (QED) is 0.667. The highest BCUT2D eigenvalue weighted by molar-refractivity contribution is 5.39. The molecule has 0 radical (unpaired) electrons. The highest BCUT2D eigenvalue weighted by atomic mass is 19.3. The zero-order valence-electron chi connectivity index (χ0n) is 7.06. The van der Waals surface area contributed by atoms with Crippen molar-refractivity contribution >= 4 is 5.82 Å². The number of rotatable bonds is 0. The van der Waals surface area contributed by atoms with E-state index >= 15 is 0 Å². The van der Waals surface area contributed by atoms with Gasteiger partial charge in [-0.1, -0.05) is 0 Å². The van der Waals surface area contributed by atoms with Gasteiger partial charge in [-0.3, -0.25) is 0 Å². The highest BCUT2D eigenvalue weighted by Crippen LogP contribution is 2.32. The molecular weight excluding hydrogens is 174 g/mol. The number of pyridine rings is 1. The van der Waals surface area contributed by atoms with Crippen molar-refractivity contribution in [2.45, 2.75) is 25.2 Å². The zero-order chi connectivity index (χ0) is 9.47. The van der Waals surface area contributed by atoms with Crippen molar-refractivity contribution in [3.05, 3.63) is 23.4 Å². The molecule has 2 N–H and O–H groups in total. The van der Waals surface area contributed by atoms with Crippen LogP contribution in [0.5, 0.6) is 0 Å². The summed E-state index contributed by atoms with van der Waals surface area (Å²) in [4.78, 5) is 3.80. The minimum absolute atomic E-state index is 0.0799. The van der Waals surface area contributed by atoms with Crippen LogP contribution < -0.4 is 5.73 Å². The number of hydrogen-bond acceptors (Lipinski definition) is 2. The maximum atomic E-state index is 12.9. The Bertz CT molecular complexity index is 336. The molecule has 0 aromatic carbocycles. The molecule has 1 aliphatic carbocycles. The molecule has 0 fully saturated rings. The molecule has 1 aliphatic rings. The van der Waals surface area contributed by atoms with E-state index in [1.165, 1.54) is 6.20 Å². The summed E-state index contributed by atoms with van der Waals surface area (Å²) < 4.78 is 25.8. The molecule has 1 heterocycles. The fraction of sp³-hybridized carbons (Fsp3) is 0.444. The summed E-state index contributed by atoms with van der Waals surface area (Å²) in [5, 5.41) is 0. The van der Waals surface area contributed by atoms with E-state index in [2.05, 4.69) is 4.98 Å². The molecule has 2 nitrogen and oxygen atoms in total. The van der Waals surface area contributed by atoms with Crippen LogP contribution in [0, 0.1) is 0 Å². The van der Waals surface area contributed by atoms with E-state index in [9.17, 15) is 8.78 Å². The summed E-state index contributed by atoms with van der Waals surface area (Å²) in [7, 11) is 0. The summed E-state index contributed by atoms with van der Waals surface area (Å²) in [5.41, 5.74) is 7.00. The lowest BCUT2D eigenvalue weighted by Crippen LogP contribution is -2.26. The minimum atomic E-state index is -2.56. The molecule has 2 rings (SSSR count). The molecule has 1 aromatic heterocycles. The Morgan fingerprint density at radius 3 is 2.92 bits per heavy atom. The number of anilines is 1. The van der Waals surface area contributed by atoms with Crippen LogP contribution >= 0.6 is 0 Å². The van der Waals surface area contributed by atoms with Crippen LogP contribution in [0.3, 0.4) is 0 Å². The van der Waals surface area contributed by atoms with Gasteiger partial charge in [0, 0.05) is 19.0 Å². The number of nitrogen functional groups attached to an aromatic ring is 1. The molecular formula is C9H10F2N2. The van der Waals surface area contributed by atoms with Crippen molar-refractivity contribution < 1.29 is 8.78 Å².